The molecule has 94 valence electrons. The van der Waals surface area contributed by atoms with Crippen LogP contribution in [-0.4, -0.2) is 23.9 Å². The third kappa shape index (κ3) is 4.21. The van der Waals surface area contributed by atoms with Crippen LogP contribution in [0.4, 0.5) is 0 Å². The van der Waals surface area contributed by atoms with E-state index in [-0.39, 0.29) is 23.9 Å². The lowest BCUT2D eigenvalue weighted by Gasteiger charge is -2.25. The van der Waals surface area contributed by atoms with Gasteiger partial charge in [0.15, 0.2) is 0 Å². The molecule has 0 heterocycles. The quantitative estimate of drug-likeness (QED) is 0.700. The predicted octanol–water partition coefficient (Wildman–Crippen LogP) is 1.45. The Labute approximate surface area is 98.2 Å². The topological polar surface area (TPSA) is 58.2 Å². The maximum absolute atomic E-state index is 11.9. The van der Waals surface area contributed by atoms with Gasteiger partial charge in [-0.15, -0.1) is 0 Å². The second-order valence-corrected chi connectivity index (χ2v) is 5.04. The highest BCUT2D eigenvalue weighted by Gasteiger charge is 2.36. The largest absolute Gasteiger partial charge is 0.353 e. The average Bonchev–Trinajstić information content (AvgIpc) is 2.16. The van der Waals surface area contributed by atoms with Crippen LogP contribution in [0.3, 0.4) is 0 Å². The van der Waals surface area contributed by atoms with Gasteiger partial charge >= 0.3 is 0 Å². The van der Waals surface area contributed by atoms with Crippen LogP contribution in [0.1, 0.15) is 48.0 Å². The Kier molecular flexibility index (Phi) is 5.48. The first kappa shape index (κ1) is 14.9. The van der Waals surface area contributed by atoms with E-state index >= 15 is 0 Å². The van der Waals surface area contributed by atoms with Crippen molar-refractivity contribution in [3.05, 3.63) is 0 Å². The summed E-state index contributed by atoms with van der Waals surface area (Å²) in [6.45, 7) is 11.0. The lowest BCUT2D eigenvalue weighted by atomic mass is 9.90. The summed E-state index contributed by atoms with van der Waals surface area (Å²) in [7, 11) is 0. The molecule has 2 N–H and O–H groups in total. The van der Waals surface area contributed by atoms with Gasteiger partial charge in [-0.2, -0.15) is 0 Å². The van der Waals surface area contributed by atoms with E-state index in [0.717, 1.165) is 6.42 Å². The van der Waals surface area contributed by atoms with E-state index in [1.807, 2.05) is 27.7 Å². The molecule has 0 aliphatic heterocycles. The standard InChI is InChI=1S/C12H24N2O2/c1-7-9(4)14-11(16)12(5,6)10(15)13-8(2)3/h8-9H,7H2,1-6H3,(H,13,15)(H,14,16). The van der Waals surface area contributed by atoms with Crippen molar-refractivity contribution >= 4 is 11.8 Å². The monoisotopic (exact) mass is 228 g/mol. The van der Waals surface area contributed by atoms with Crippen LogP contribution in [0.15, 0.2) is 0 Å². The fourth-order valence-corrected chi connectivity index (χ4v) is 1.05. The molecule has 0 radical (unpaired) electrons. The summed E-state index contributed by atoms with van der Waals surface area (Å²) in [6.07, 6.45) is 0.855. The van der Waals surface area contributed by atoms with E-state index in [2.05, 4.69) is 10.6 Å². The summed E-state index contributed by atoms with van der Waals surface area (Å²) in [6, 6.07) is 0.141. The van der Waals surface area contributed by atoms with Crippen molar-refractivity contribution in [2.24, 2.45) is 5.41 Å². The first-order valence-electron chi connectivity index (χ1n) is 5.83. The number of hydrogen-bond donors (Lipinski definition) is 2. The highest BCUT2D eigenvalue weighted by Crippen LogP contribution is 2.16. The second-order valence-electron chi connectivity index (χ2n) is 5.04. The Morgan fingerprint density at radius 2 is 1.50 bits per heavy atom. The molecule has 0 aromatic heterocycles. The minimum atomic E-state index is -1.02. The Morgan fingerprint density at radius 3 is 1.88 bits per heavy atom. The number of nitrogens with one attached hydrogen (secondary N) is 2. The van der Waals surface area contributed by atoms with Gasteiger partial charge in [-0.25, -0.2) is 0 Å². The Balaban J connectivity index is 4.52. The summed E-state index contributed by atoms with van der Waals surface area (Å²) >= 11 is 0. The normalized spacial score (nSPS) is 13.4. The Bertz CT molecular complexity index is 260. The highest BCUT2D eigenvalue weighted by atomic mass is 16.2. The van der Waals surface area contributed by atoms with Gasteiger partial charge < -0.3 is 10.6 Å². The molecule has 0 aliphatic carbocycles. The summed E-state index contributed by atoms with van der Waals surface area (Å²) in [5, 5.41) is 5.58. The van der Waals surface area contributed by atoms with E-state index in [9.17, 15) is 9.59 Å². The number of carbonyl (C=O) groups excluding carboxylic acids is 2. The van der Waals surface area contributed by atoms with Crippen molar-refractivity contribution in [3.8, 4) is 0 Å². The molecular weight excluding hydrogens is 204 g/mol. The van der Waals surface area contributed by atoms with Crippen LogP contribution in [0.2, 0.25) is 0 Å². The van der Waals surface area contributed by atoms with Crippen molar-refractivity contribution in [3.63, 3.8) is 0 Å². The van der Waals surface area contributed by atoms with Crippen LogP contribution in [0.25, 0.3) is 0 Å². The van der Waals surface area contributed by atoms with Crippen LogP contribution >= 0.6 is 0 Å². The molecule has 4 heteroatoms. The second kappa shape index (κ2) is 5.87. The maximum atomic E-state index is 11.9. The van der Waals surface area contributed by atoms with Gasteiger partial charge in [-0.1, -0.05) is 6.92 Å². The summed E-state index contributed by atoms with van der Waals surface area (Å²) in [4.78, 5) is 23.7. The van der Waals surface area contributed by atoms with Crippen molar-refractivity contribution < 1.29 is 9.59 Å². The molecule has 1 atom stereocenters. The molecule has 2 amide bonds. The van der Waals surface area contributed by atoms with Crippen LogP contribution < -0.4 is 10.6 Å². The molecule has 0 spiro atoms. The number of rotatable bonds is 5. The predicted molar refractivity (Wildman–Crippen MR) is 65.0 cm³/mol. The molecule has 0 saturated carbocycles. The molecule has 16 heavy (non-hydrogen) atoms. The third-order valence-corrected chi connectivity index (χ3v) is 2.54. The average molecular weight is 228 g/mol. The first-order valence-corrected chi connectivity index (χ1v) is 5.83. The molecule has 0 saturated heterocycles. The minimum absolute atomic E-state index is 0.0446. The SMILES string of the molecule is CCC(C)NC(=O)C(C)(C)C(=O)NC(C)C. The van der Waals surface area contributed by atoms with Gasteiger partial charge in [0.2, 0.25) is 11.8 Å². The van der Waals surface area contributed by atoms with Crippen molar-refractivity contribution in [1.29, 1.82) is 0 Å². The lowest BCUT2D eigenvalue weighted by Crippen LogP contribution is -2.51. The molecule has 0 fully saturated rings. The fraction of sp³-hybridized carbons (Fsp3) is 0.833. The molecule has 0 aliphatic rings. The lowest BCUT2D eigenvalue weighted by molar-refractivity contribution is -0.142. The zero-order valence-corrected chi connectivity index (χ0v) is 11.2. The maximum Gasteiger partial charge on any atom is 0.235 e. The van der Waals surface area contributed by atoms with Crippen molar-refractivity contribution in [1.82, 2.24) is 10.6 Å². The van der Waals surface area contributed by atoms with Gasteiger partial charge in [0.25, 0.3) is 0 Å². The van der Waals surface area contributed by atoms with E-state index < -0.39 is 5.41 Å². The summed E-state index contributed by atoms with van der Waals surface area (Å²) < 4.78 is 0. The Hall–Kier alpha value is -1.06. The van der Waals surface area contributed by atoms with Gasteiger partial charge in [-0.05, 0) is 41.0 Å². The van der Waals surface area contributed by atoms with E-state index in [1.165, 1.54) is 0 Å². The van der Waals surface area contributed by atoms with E-state index in [1.54, 1.807) is 13.8 Å². The molecule has 0 rings (SSSR count). The number of amides is 2. The van der Waals surface area contributed by atoms with Gasteiger partial charge in [0.05, 0.1) is 0 Å². The van der Waals surface area contributed by atoms with Crippen LogP contribution in [0.5, 0.6) is 0 Å². The van der Waals surface area contributed by atoms with Crippen LogP contribution in [0, 0.1) is 5.41 Å². The molecule has 0 aromatic carbocycles. The molecular formula is C12H24N2O2. The Morgan fingerprint density at radius 1 is 1.06 bits per heavy atom. The zero-order valence-electron chi connectivity index (χ0n) is 11.2. The minimum Gasteiger partial charge on any atom is -0.353 e. The van der Waals surface area contributed by atoms with Crippen molar-refractivity contribution in [2.45, 2.75) is 60.0 Å². The van der Waals surface area contributed by atoms with Crippen LogP contribution in [-0.2, 0) is 9.59 Å². The number of hydrogen-bond acceptors (Lipinski definition) is 2. The first-order chi connectivity index (χ1) is 7.21. The summed E-state index contributed by atoms with van der Waals surface area (Å²) in [5.41, 5.74) is -1.02. The fourth-order valence-electron chi connectivity index (χ4n) is 1.05. The van der Waals surface area contributed by atoms with Crippen molar-refractivity contribution in [2.75, 3.05) is 0 Å². The van der Waals surface area contributed by atoms with Gasteiger partial charge in [0.1, 0.15) is 5.41 Å². The molecule has 4 nitrogen and oxygen atoms in total. The van der Waals surface area contributed by atoms with E-state index in [0.29, 0.717) is 0 Å². The molecule has 0 bridgehead atoms. The van der Waals surface area contributed by atoms with Gasteiger partial charge in [-0.3, -0.25) is 9.59 Å². The summed E-state index contributed by atoms with van der Waals surface area (Å²) in [5.74, 6) is -0.455. The third-order valence-electron chi connectivity index (χ3n) is 2.54. The number of carbonyl (C=O) groups is 2. The molecule has 1 unspecified atom stereocenters. The zero-order chi connectivity index (χ0) is 12.9. The van der Waals surface area contributed by atoms with E-state index in [4.69, 9.17) is 0 Å². The van der Waals surface area contributed by atoms with Gasteiger partial charge in [0, 0.05) is 12.1 Å². The molecule has 0 aromatic rings. The highest BCUT2D eigenvalue weighted by molar-refractivity contribution is 6.04. The smallest absolute Gasteiger partial charge is 0.235 e.